The number of hydrogen-bond donors (Lipinski definition) is 2. The molecule has 0 aliphatic heterocycles. The lowest BCUT2D eigenvalue weighted by Gasteiger charge is -2.20. The van der Waals surface area contributed by atoms with Gasteiger partial charge in [0.25, 0.3) is 5.91 Å². The molecule has 2 aromatic carbocycles. The summed E-state index contributed by atoms with van der Waals surface area (Å²) in [6.45, 7) is 1.80. The van der Waals surface area contributed by atoms with Crippen molar-refractivity contribution in [2.45, 2.75) is 39.0 Å². The molecule has 8 heteroatoms. The fourth-order valence-electron chi connectivity index (χ4n) is 3.88. The third-order valence-corrected chi connectivity index (χ3v) is 5.80. The Hall–Kier alpha value is -3.55. The number of carbonyl (C=O) groups is 2. The first-order valence-corrected chi connectivity index (χ1v) is 11.0. The van der Waals surface area contributed by atoms with Crippen LogP contribution in [0.3, 0.4) is 0 Å². The SMILES string of the molecule is COc1cc(C(=O)N/N=C(/C)c2ccc(NC(=O)C3CCCCC3)cc2)cc(OC)c1OC. The summed E-state index contributed by atoms with van der Waals surface area (Å²) >= 11 is 0. The van der Waals surface area contributed by atoms with Crippen molar-refractivity contribution in [1.29, 1.82) is 0 Å². The van der Waals surface area contributed by atoms with Crippen LogP contribution < -0.4 is 25.0 Å². The maximum absolute atomic E-state index is 12.6. The summed E-state index contributed by atoms with van der Waals surface area (Å²) in [6, 6.07) is 10.5. The minimum absolute atomic E-state index is 0.0884. The zero-order valence-corrected chi connectivity index (χ0v) is 19.6. The Morgan fingerprint density at radius 3 is 2.03 bits per heavy atom. The maximum atomic E-state index is 12.6. The summed E-state index contributed by atoms with van der Waals surface area (Å²) in [5.41, 5.74) is 5.08. The molecule has 0 heterocycles. The quantitative estimate of drug-likeness (QED) is 0.456. The molecule has 2 N–H and O–H groups in total. The summed E-state index contributed by atoms with van der Waals surface area (Å²) in [5.74, 6) is 0.955. The summed E-state index contributed by atoms with van der Waals surface area (Å²) in [4.78, 5) is 25.0. The van der Waals surface area contributed by atoms with E-state index >= 15 is 0 Å². The predicted molar refractivity (Wildman–Crippen MR) is 127 cm³/mol. The monoisotopic (exact) mass is 453 g/mol. The van der Waals surface area contributed by atoms with E-state index in [1.807, 2.05) is 24.3 Å². The Morgan fingerprint density at radius 2 is 1.48 bits per heavy atom. The molecule has 1 fully saturated rings. The number of anilines is 1. The van der Waals surface area contributed by atoms with Crippen LogP contribution in [0.4, 0.5) is 5.69 Å². The van der Waals surface area contributed by atoms with Crippen LogP contribution in [0.2, 0.25) is 0 Å². The van der Waals surface area contributed by atoms with Gasteiger partial charge >= 0.3 is 0 Å². The van der Waals surface area contributed by atoms with Gasteiger partial charge < -0.3 is 19.5 Å². The summed E-state index contributed by atoms with van der Waals surface area (Å²) in [7, 11) is 4.48. The van der Waals surface area contributed by atoms with Gasteiger partial charge in [0.15, 0.2) is 11.5 Å². The average Bonchev–Trinajstić information content (AvgIpc) is 2.86. The normalized spacial score (nSPS) is 14.4. The van der Waals surface area contributed by atoms with E-state index in [0.29, 0.717) is 28.5 Å². The van der Waals surface area contributed by atoms with Gasteiger partial charge in [0.05, 0.1) is 27.0 Å². The van der Waals surface area contributed by atoms with E-state index in [4.69, 9.17) is 14.2 Å². The molecule has 1 aliphatic rings. The first-order valence-electron chi connectivity index (χ1n) is 11.0. The Labute approximate surface area is 194 Å². The minimum Gasteiger partial charge on any atom is -0.493 e. The van der Waals surface area contributed by atoms with Gasteiger partial charge in [0.2, 0.25) is 11.7 Å². The molecule has 0 unspecified atom stereocenters. The van der Waals surface area contributed by atoms with E-state index in [1.165, 1.54) is 27.8 Å². The second kappa shape index (κ2) is 11.4. The van der Waals surface area contributed by atoms with Crippen LogP contribution in [0.5, 0.6) is 17.2 Å². The molecular formula is C25H31N3O5. The van der Waals surface area contributed by atoms with E-state index in [0.717, 1.165) is 36.9 Å². The first-order chi connectivity index (χ1) is 16.0. The van der Waals surface area contributed by atoms with Crippen LogP contribution in [0.25, 0.3) is 0 Å². The molecule has 2 aromatic rings. The molecule has 0 aromatic heterocycles. The van der Waals surface area contributed by atoms with Crippen molar-refractivity contribution in [1.82, 2.24) is 5.43 Å². The number of amides is 2. The zero-order valence-electron chi connectivity index (χ0n) is 19.6. The molecule has 8 nitrogen and oxygen atoms in total. The minimum atomic E-state index is -0.412. The predicted octanol–water partition coefficient (Wildman–Crippen LogP) is 4.39. The third kappa shape index (κ3) is 6.03. The van der Waals surface area contributed by atoms with Gasteiger partial charge in [-0.25, -0.2) is 5.43 Å². The molecule has 0 radical (unpaired) electrons. The van der Waals surface area contributed by atoms with Crippen molar-refractivity contribution in [2.75, 3.05) is 26.6 Å². The third-order valence-electron chi connectivity index (χ3n) is 5.80. The number of nitrogens with one attached hydrogen (secondary N) is 2. The van der Waals surface area contributed by atoms with Crippen molar-refractivity contribution in [3.05, 3.63) is 47.5 Å². The molecule has 2 amide bonds. The Bertz CT molecular complexity index is 986. The smallest absolute Gasteiger partial charge is 0.271 e. The van der Waals surface area contributed by atoms with Gasteiger partial charge in [-0.1, -0.05) is 31.4 Å². The second-order valence-electron chi connectivity index (χ2n) is 7.95. The van der Waals surface area contributed by atoms with Gasteiger partial charge in [0, 0.05) is 17.2 Å². The molecule has 1 aliphatic carbocycles. The standard InChI is InChI=1S/C25H31N3O5/c1-16(17-10-12-20(13-11-17)26-24(29)18-8-6-5-7-9-18)27-28-25(30)19-14-21(31-2)23(33-4)22(15-19)32-3/h10-15,18H,5-9H2,1-4H3,(H,26,29)(H,28,30)/b27-16-. The van der Waals surface area contributed by atoms with Gasteiger partial charge in [0.1, 0.15) is 0 Å². The molecule has 0 atom stereocenters. The molecule has 176 valence electrons. The molecule has 33 heavy (non-hydrogen) atoms. The van der Waals surface area contributed by atoms with E-state index < -0.39 is 5.91 Å². The van der Waals surface area contributed by atoms with Crippen molar-refractivity contribution in [3.8, 4) is 17.2 Å². The molecular weight excluding hydrogens is 422 g/mol. The van der Waals surface area contributed by atoms with E-state index in [9.17, 15) is 9.59 Å². The average molecular weight is 454 g/mol. The number of methoxy groups -OCH3 is 3. The maximum Gasteiger partial charge on any atom is 0.271 e. The molecule has 0 saturated heterocycles. The number of benzene rings is 2. The van der Waals surface area contributed by atoms with E-state index in [2.05, 4.69) is 15.8 Å². The largest absolute Gasteiger partial charge is 0.493 e. The van der Waals surface area contributed by atoms with Crippen LogP contribution in [-0.2, 0) is 4.79 Å². The number of carbonyl (C=O) groups excluding carboxylic acids is 2. The zero-order chi connectivity index (χ0) is 23.8. The lowest BCUT2D eigenvalue weighted by molar-refractivity contribution is -0.120. The van der Waals surface area contributed by atoms with Crippen LogP contribution >= 0.6 is 0 Å². The molecule has 1 saturated carbocycles. The highest BCUT2D eigenvalue weighted by Gasteiger charge is 2.21. The van der Waals surface area contributed by atoms with E-state index in [1.54, 1.807) is 19.1 Å². The van der Waals surface area contributed by atoms with Crippen molar-refractivity contribution in [3.63, 3.8) is 0 Å². The Balaban J connectivity index is 1.64. The van der Waals surface area contributed by atoms with Crippen LogP contribution in [-0.4, -0.2) is 38.9 Å². The van der Waals surface area contributed by atoms with Crippen molar-refractivity contribution >= 4 is 23.2 Å². The fourth-order valence-corrected chi connectivity index (χ4v) is 3.88. The van der Waals surface area contributed by atoms with Gasteiger partial charge in [-0.15, -0.1) is 0 Å². The second-order valence-corrected chi connectivity index (χ2v) is 7.95. The van der Waals surface area contributed by atoms with Crippen molar-refractivity contribution in [2.24, 2.45) is 11.0 Å². The van der Waals surface area contributed by atoms with Gasteiger partial charge in [-0.2, -0.15) is 5.10 Å². The van der Waals surface area contributed by atoms with E-state index in [-0.39, 0.29) is 11.8 Å². The highest BCUT2D eigenvalue weighted by atomic mass is 16.5. The molecule has 3 rings (SSSR count). The van der Waals surface area contributed by atoms with Gasteiger partial charge in [-0.05, 0) is 49.6 Å². The topological polar surface area (TPSA) is 98.2 Å². The fraction of sp³-hybridized carbons (Fsp3) is 0.400. The van der Waals surface area contributed by atoms with Crippen LogP contribution in [0, 0.1) is 5.92 Å². The highest BCUT2D eigenvalue weighted by molar-refractivity contribution is 6.01. The number of hydrogen-bond acceptors (Lipinski definition) is 6. The first kappa shape index (κ1) is 24.1. The lowest BCUT2D eigenvalue weighted by atomic mass is 9.88. The number of rotatable bonds is 8. The van der Waals surface area contributed by atoms with Crippen molar-refractivity contribution < 1.29 is 23.8 Å². The number of hydrazone groups is 1. The summed E-state index contributed by atoms with van der Waals surface area (Å²) in [5, 5.41) is 7.20. The van der Waals surface area contributed by atoms with Gasteiger partial charge in [-0.3, -0.25) is 9.59 Å². The Morgan fingerprint density at radius 1 is 0.879 bits per heavy atom. The number of ether oxygens (including phenoxy) is 3. The lowest BCUT2D eigenvalue weighted by Crippen LogP contribution is -2.24. The summed E-state index contributed by atoms with van der Waals surface area (Å²) < 4.78 is 15.9. The summed E-state index contributed by atoms with van der Waals surface area (Å²) in [6.07, 6.45) is 5.37. The Kier molecular flexibility index (Phi) is 8.29. The molecule has 0 spiro atoms. The molecule has 0 bridgehead atoms. The highest BCUT2D eigenvalue weighted by Crippen LogP contribution is 2.38. The number of nitrogens with zero attached hydrogens (tertiary/aromatic N) is 1. The van der Waals surface area contributed by atoms with Crippen LogP contribution in [0.1, 0.15) is 54.9 Å². The van der Waals surface area contributed by atoms with Crippen LogP contribution in [0.15, 0.2) is 41.5 Å².